The molecule has 0 radical (unpaired) electrons. The third-order valence-corrected chi connectivity index (χ3v) is 5.05. The summed E-state index contributed by atoms with van der Waals surface area (Å²) in [4.78, 5) is 38.8. The maximum Gasteiger partial charge on any atom is 0.325 e. The van der Waals surface area contributed by atoms with Crippen LogP contribution in [-0.2, 0) is 25.7 Å². The molecule has 2 amide bonds. The lowest BCUT2D eigenvalue weighted by Gasteiger charge is -2.28. The van der Waals surface area contributed by atoms with Crippen molar-refractivity contribution in [3.63, 3.8) is 0 Å². The van der Waals surface area contributed by atoms with Gasteiger partial charge in [-0.15, -0.1) is 0 Å². The number of anilines is 1. The molecule has 0 aliphatic carbocycles. The van der Waals surface area contributed by atoms with Crippen molar-refractivity contribution in [2.75, 3.05) is 12.0 Å². The number of para-hydroxylation sites is 2. The predicted octanol–water partition coefficient (Wildman–Crippen LogP) is 2.65. The molecule has 8 heteroatoms. The van der Waals surface area contributed by atoms with Gasteiger partial charge < -0.3 is 9.30 Å². The van der Waals surface area contributed by atoms with Crippen LogP contribution in [0.4, 0.5) is 5.69 Å². The molecular formula is C22H17N3O4S. The second-order valence-electron chi connectivity index (χ2n) is 6.60. The maximum absolute atomic E-state index is 13.1. The van der Waals surface area contributed by atoms with E-state index in [1.165, 1.54) is 18.1 Å². The normalized spacial score (nSPS) is 15.6. The fourth-order valence-electron chi connectivity index (χ4n) is 3.35. The van der Waals surface area contributed by atoms with Crippen LogP contribution >= 0.6 is 12.2 Å². The zero-order valence-corrected chi connectivity index (χ0v) is 16.8. The number of carbonyl (C=O) groups is 3. The summed E-state index contributed by atoms with van der Waals surface area (Å²) >= 11 is 5.21. The van der Waals surface area contributed by atoms with E-state index in [1.807, 2.05) is 30.3 Å². The summed E-state index contributed by atoms with van der Waals surface area (Å²) in [6, 6.07) is 16.3. The number of thiocarbonyl (C=S) groups is 1. The van der Waals surface area contributed by atoms with Gasteiger partial charge in [-0.25, -0.2) is 0 Å². The first-order valence-electron chi connectivity index (χ1n) is 9.11. The first kappa shape index (κ1) is 19.5. The van der Waals surface area contributed by atoms with E-state index in [2.05, 4.69) is 5.32 Å². The molecule has 1 aliphatic heterocycles. The summed E-state index contributed by atoms with van der Waals surface area (Å²) in [5, 5.41) is 3.40. The number of esters is 1. The summed E-state index contributed by atoms with van der Waals surface area (Å²) in [7, 11) is 1.32. The number of aromatic nitrogens is 1. The second kappa shape index (κ2) is 7.92. The van der Waals surface area contributed by atoms with Crippen molar-refractivity contribution in [3.05, 3.63) is 71.9 Å². The smallest absolute Gasteiger partial charge is 0.325 e. The van der Waals surface area contributed by atoms with Crippen LogP contribution in [0.2, 0.25) is 0 Å². The largest absolute Gasteiger partial charge is 0.468 e. The number of amides is 2. The quantitative estimate of drug-likeness (QED) is 0.304. The highest BCUT2D eigenvalue weighted by atomic mass is 32.1. The maximum atomic E-state index is 13.1. The van der Waals surface area contributed by atoms with E-state index in [0.29, 0.717) is 11.3 Å². The Kier molecular flexibility index (Phi) is 5.16. The van der Waals surface area contributed by atoms with Crippen LogP contribution in [-0.4, -0.2) is 34.6 Å². The van der Waals surface area contributed by atoms with Crippen molar-refractivity contribution in [1.29, 1.82) is 0 Å². The minimum Gasteiger partial charge on any atom is -0.468 e. The number of rotatable bonds is 4. The van der Waals surface area contributed by atoms with Crippen LogP contribution in [0.1, 0.15) is 5.56 Å². The van der Waals surface area contributed by atoms with E-state index in [-0.39, 0.29) is 17.2 Å². The number of nitrogens with one attached hydrogen (secondary N) is 1. The van der Waals surface area contributed by atoms with Gasteiger partial charge in [-0.1, -0.05) is 36.4 Å². The number of carbonyl (C=O) groups excluding carboxylic acids is 3. The molecule has 2 aromatic carbocycles. The molecule has 0 bridgehead atoms. The lowest BCUT2D eigenvalue weighted by molar-refractivity contribution is -0.141. The Hall–Kier alpha value is -3.78. The van der Waals surface area contributed by atoms with Crippen molar-refractivity contribution >= 4 is 57.8 Å². The van der Waals surface area contributed by atoms with E-state index >= 15 is 0 Å². The van der Waals surface area contributed by atoms with Gasteiger partial charge in [0, 0.05) is 22.7 Å². The van der Waals surface area contributed by atoms with Crippen LogP contribution in [0.15, 0.2) is 66.4 Å². The highest BCUT2D eigenvalue weighted by Crippen LogP contribution is 2.26. The zero-order chi connectivity index (χ0) is 21.3. The average Bonchev–Trinajstić information content (AvgIpc) is 3.09. The fourth-order valence-corrected chi connectivity index (χ4v) is 3.63. The van der Waals surface area contributed by atoms with Gasteiger partial charge in [0.2, 0.25) is 0 Å². The van der Waals surface area contributed by atoms with E-state index in [1.54, 1.807) is 35.0 Å². The summed E-state index contributed by atoms with van der Waals surface area (Å²) in [6.45, 7) is 0.0144. The Morgan fingerprint density at radius 3 is 2.53 bits per heavy atom. The van der Waals surface area contributed by atoms with Crippen molar-refractivity contribution in [2.45, 2.75) is 6.54 Å². The van der Waals surface area contributed by atoms with Crippen molar-refractivity contribution in [3.8, 4) is 0 Å². The molecule has 1 aromatic heterocycles. The minimum atomic E-state index is -0.568. The van der Waals surface area contributed by atoms with Crippen LogP contribution in [0.25, 0.3) is 17.0 Å². The molecule has 0 spiro atoms. The molecule has 3 aromatic rings. The monoisotopic (exact) mass is 419 g/mol. The summed E-state index contributed by atoms with van der Waals surface area (Å²) in [5.41, 5.74) is 1.93. The summed E-state index contributed by atoms with van der Waals surface area (Å²) in [5.74, 6) is -1.48. The molecule has 0 unspecified atom stereocenters. The van der Waals surface area contributed by atoms with E-state index in [9.17, 15) is 14.4 Å². The van der Waals surface area contributed by atoms with Gasteiger partial charge in [0.15, 0.2) is 5.11 Å². The van der Waals surface area contributed by atoms with Crippen LogP contribution in [0, 0.1) is 0 Å². The summed E-state index contributed by atoms with van der Waals surface area (Å²) < 4.78 is 6.48. The van der Waals surface area contributed by atoms with E-state index in [4.69, 9.17) is 17.0 Å². The molecule has 7 nitrogen and oxygen atoms in total. The Morgan fingerprint density at radius 2 is 1.80 bits per heavy atom. The molecule has 1 saturated heterocycles. The molecule has 150 valence electrons. The fraction of sp³-hybridized carbons (Fsp3) is 0.0909. The number of methoxy groups -OCH3 is 1. The Bertz CT molecular complexity index is 1210. The number of fused-ring (bicyclic) bond motifs is 1. The van der Waals surface area contributed by atoms with E-state index in [0.717, 1.165) is 10.9 Å². The van der Waals surface area contributed by atoms with E-state index < -0.39 is 17.8 Å². The van der Waals surface area contributed by atoms with Gasteiger partial charge in [0.05, 0.1) is 12.8 Å². The zero-order valence-electron chi connectivity index (χ0n) is 16.0. The van der Waals surface area contributed by atoms with Crippen LogP contribution in [0.3, 0.4) is 0 Å². The molecule has 0 atom stereocenters. The standard InChI is InChI=1S/C22H17N3O4S/c1-29-19(26)13-24-12-14(16-9-5-6-10-18(16)24)11-17-20(27)23-22(30)25(21(17)28)15-7-3-2-4-8-15/h2-12H,13H2,1H3,(H,23,27,30)/b17-11+. The van der Waals surface area contributed by atoms with Gasteiger partial charge in [0.1, 0.15) is 12.1 Å². The SMILES string of the molecule is COC(=O)Cn1cc(/C=C2\C(=O)NC(=S)N(c3ccccc3)C2=O)c2ccccc21. The first-order chi connectivity index (χ1) is 14.5. The molecule has 2 heterocycles. The van der Waals surface area contributed by atoms with Gasteiger partial charge in [-0.2, -0.15) is 0 Å². The molecule has 1 fully saturated rings. The molecular weight excluding hydrogens is 402 g/mol. The number of nitrogens with zero attached hydrogens (tertiary/aromatic N) is 2. The average molecular weight is 419 g/mol. The Balaban J connectivity index is 1.79. The van der Waals surface area contributed by atoms with Crippen molar-refractivity contribution < 1.29 is 19.1 Å². The molecule has 4 rings (SSSR count). The van der Waals surface area contributed by atoms with Crippen LogP contribution in [0.5, 0.6) is 0 Å². The lowest BCUT2D eigenvalue weighted by atomic mass is 10.1. The minimum absolute atomic E-state index is 0.0144. The lowest BCUT2D eigenvalue weighted by Crippen LogP contribution is -2.54. The third-order valence-electron chi connectivity index (χ3n) is 4.76. The van der Waals surface area contributed by atoms with Gasteiger partial charge >= 0.3 is 5.97 Å². The molecule has 1 N–H and O–H groups in total. The first-order valence-corrected chi connectivity index (χ1v) is 9.51. The number of ether oxygens (including phenoxy) is 1. The topological polar surface area (TPSA) is 80.6 Å². The van der Waals surface area contributed by atoms with Gasteiger partial charge in [0.25, 0.3) is 11.8 Å². The number of benzene rings is 2. The van der Waals surface area contributed by atoms with Crippen molar-refractivity contribution in [1.82, 2.24) is 9.88 Å². The summed E-state index contributed by atoms with van der Waals surface area (Å²) in [6.07, 6.45) is 3.24. The third kappa shape index (κ3) is 3.48. The van der Waals surface area contributed by atoms with Crippen LogP contribution < -0.4 is 10.2 Å². The highest BCUT2D eigenvalue weighted by Gasteiger charge is 2.34. The van der Waals surface area contributed by atoms with Gasteiger partial charge in [-0.3, -0.25) is 24.6 Å². The number of hydrogen-bond donors (Lipinski definition) is 1. The van der Waals surface area contributed by atoms with Crippen molar-refractivity contribution in [2.24, 2.45) is 0 Å². The highest BCUT2D eigenvalue weighted by molar-refractivity contribution is 7.80. The molecule has 1 aliphatic rings. The Morgan fingerprint density at radius 1 is 1.10 bits per heavy atom. The Labute approximate surface area is 177 Å². The van der Waals surface area contributed by atoms with Gasteiger partial charge in [-0.05, 0) is 36.5 Å². The number of hydrogen-bond acceptors (Lipinski definition) is 5. The molecule has 0 saturated carbocycles. The predicted molar refractivity (Wildman–Crippen MR) is 117 cm³/mol. The second-order valence-corrected chi connectivity index (χ2v) is 6.99. The molecule has 30 heavy (non-hydrogen) atoms.